The Bertz CT molecular complexity index is 677. The standard InChI is InChI=1S/C13H17N3O2S/c1-3-16-12(7-8-15-16)13(14)10-5-4-6-11(9-10)19(2,17)18/h4-9,13H,3,14H2,1-2H3. The minimum atomic E-state index is -3.22. The van der Waals surface area contributed by atoms with Gasteiger partial charge in [0.15, 0.2) is 9.84 Å². The zero-order valence-electron chi connectivity index (χ0n) is 10.9. The molecule has 1 unspecified atom stereocenters. The Labute approximate surface area is 113 Å². The molecule has 1 aromatic carbocycles. The lowest BCUT2D eigenvalue weighted by atomic mass is 10.0. The van der Waals surface area contributed by atoms with E-state index in [1.54, 1.807) is 29.1 Å². The van der Waals surface area contributed by atoms with E-state index in [2.05, 4.69) is 5.10 Å². The van der Waals surface area contributed by atoms with Crippen molar-refractivity contribution in [2.24, 2.45) is 5.73 Å². The second-order valence-corrected chi connectivity index (χ2v) is 6.41. The molecule has 2 rings (SSSR count). The van der Waals surface area contributed by atoms with Crippen LogP contribution in [0.5, 0.6) is 0 Å². The van der Waals surface area contributed by atoms with Crippen molar-refractivity contribution in [3.05, 3.63) is 47.8 Å². The molecule has 5 nitrogen and oxygen atoms in total. The van der Waals surface area contributed by atoms with E-state index < -0.39 is 9.84 Å². The maximum absolute atomic E-state index is 11.6. The van der Waals surface area contributed by atoms with Crippen molar-refractivity contribution >= 4 is 9.84 Å². The van der Waals surface area contributed by atoms with Gasteiger partial charge < -0.3 is 5.73 Å². The molecule has 0 amide bonds. The topological polar surface area (TPSA) is 78.0 Å². The first-order valence-electron chi connectivity index (χ1n) is 6.00. The van der Waals surface area contributed by atoms with E-state index in [-0.39, 0.29) is 10.9 Å². The Balaban J connectivity index is 2.42. The average Bonchev–Trinajstić information content (AvgIpc) is 2.85. The van der Waals surface area contributed by atoms with Gasteiger partial charge in [0.1, 0.15) is 0 Å². The van der Waals surface area contributed by atoms with Crippen molar-refractivity contribution in [2.75, 3.05) is 6.26 Å². The summed E-state index contributed by atoms with van der Waals surface area (Å²) < 4.78 is 24.9. The summed E-state index contributed by atoms with van der Waals surface area (Å²) in [4.78, 5) is 0.281. The molecule has 1 aromatic heterocycles. The number of rotatable bonds is 4. The summed E-state index contributed by atoms with van der Waals surface area (Å²) in [5.74, 6) is 0. The Kier molecular flexibility index (Phi) is 3.73. The second-order valence-electron chi connectivity index (χ2n) is 4.39. The quantitative estimate of drug-likeness (QED) is 0.916. The Morgan fingerprint density at radius 2 is 2.11 bits per heavy atom. The summed E-state index contributed by atoms with van der Waals surface area (Å²) >= 11 is 0. The van der Waals surface area contributed by atoms with E-state index in [1.165, 1.54) is 6.26 Å². The molecule has 0 aliphatic rings. The van der Waals surface area contributed by atoms with Crippen molar-refractivity contribution in [1.29, 1.82) is 0 Å². The van der Waals surface area contributed by atoms with Crippen LogP contribution in [0.4, 0.5) is 0 Å². The van der Waals surface area contributed by atoms with Crippen LogP contribution < -0.4 is 5.73 Å². The summed E-state index contributed by atoms with van der Waals surface area (Å²) in [5.41, 5.74) is 7.82. The SMILES string of the molecule is CCn1nccc1C(N)c1cccc(S(C)(=O)=O)c1. The van der Waals surface area contributed by atoms with Crippen LogP contribution in [-0.2, 0) is 16.4 Å². The second kappa shape index (κ2) is 5.14. The third-order valence-electron chi connectivity index (χ3n) is 3.01. The fraction of sp³-hybridized carbons (Fsp3) is 0.308. The van der Waals surface area contributed by atoms with E-state index >= 15 is 0 Å². The molecular formula is C13H17N3O2S. The number of aromatic nitrogens is 2. The Morgan fingerprint density at radius 1 is 1.37 bits per heavy atom. The van der Waals surface area contributed by atoms with Gasteiger partial charge in [0.25, 0.3) is 0 Å². The van der Waals surface area contributed by atoms with Gasteiger partial charge >= 0.3 is 0 Å². The summed E-state index contributed by atoms with van der Waals surface area (Å²) in [5, 5.41) is 4.17. The molecule has 0 fully saturated rings. The predicted octanol–water partition coefficient (Wildman–Crippen LogP) is 1.35. The van der Waals surface area contributed by atoms with Gasteiger partial charge in [-0.05, 0) is 30.7 Å². The minimum Gasteiger partial charge on any atom is -0.319 e. The molecule has 1 heterocycles. The Morgan fingerprint density at radius 3 is 2.74 bits per heavy atom. The van der Waals surface area contributed by atoms with Crippen molar-refractivity contribution in [2.45, 2.75) is 24.4 Å². The van der Waals surface area contributed by atoms with Gasteiger partial charge in [0.2, 0.25) is 0 Å². The molecule has 0 radical (unpaired) electrons. The lowest BCUT2D eigenvalue weighted by molar-refractivity contribution is 0.597. The first-order valence-corrected chi connectivity index (χ1v) is 7.90. The number of hydrogen-bond acceptors (Lipinski definition) is 4. The van der Waals surface area contributed by atoms with Crippen molar-refractivity contribution < 1.29 is 8.42 Å². The van der Waals surface area contributed by atoms with Gasteiger partial charge in [-0.3, -0.25) is 4.68 Å². The molecule has 0 saturated carbocycles. The molecule has 0 saturated heterocycles. The third kappa shape index (κ3) is 2.85. The van der Waals surface area contributed by atoms with Crippen LogP contribution >= 0.6 is 0 Å². The van der Waals surface area contributed by atoms with Crippen LogP contribution in [0, 0.1) is 0 Å². The molecule has 6 heteroatoms. The van der Waals surface area contributed by atoms with E-state index in [9.17, 15) is 8.42 Å². The molecule has 0 aliphatic heterocycles. The van der Waals surface area contributed by atoms with E-state index in [1.807, 2.05) is 19.1 Å². The molecule has 0 aliphatic carbocycles. The molecule has 1 atom stereocenters. The van der Waals surface area contributed by atoms with E-state index in [4.69, 9.17) is 5.73 Å². The molecule has 19 heavy (non-hydrogen) atoms. The summed E-state index contributed by atoms with van der Waals surface area (Å²) in [7, 11) is -3.22. The van der Waals surface area contributed by atoms with Crippen LogP contribution in [0.3, 0.4) is 0 Å². The first-order chi connectivity index (χ1) is 8.93. The van der Waals surface area contributed by atoms with Crippen LogP contribution in [0.15, 0.2) is 41.4 Å². The summed E-state index contributed by atoms with van der Waals surface area (Å²) in [6, 6.07) is 8.19. The van der Waals surface area contributed by atoms with Gasteiger partial charge in [0, 0.05) is 19.0 Å². The highest BCUT2D eigenvalue weighted by molar-refractivity contribution is 7.90. The molecular weight excluding hydrogens is 262 g/mol. The van der Waals surface area contributed by atoms with Gasteiger partial charge in [-0.25, -0.2) is 8.42 Å². The molecule has 0 spiro atoms. The highest BCUT2D eigenvalue weighted by atomic mass is 32.2. The minimum absolute atomic E-state index is 0.281. The maximum Gasteiger partial charge on any atom is 0.175 e. The number of hydrogen-bond donors (Lipinski definition) is 1. The van der Waals surface area contributed by atoms with Crippen molar-refractivity contribution in [1.82, 2.24) is 9.78 Å². The zero-order valence-corrected chi connectivity index (χ0v) is 11.8. The van der Waals surface area contributed by atoms with Crippen LogP contribution in [0.25, 0.3) is 0 Å². The highest BCUT2D eigenvalue weighted by Gasteiger charge is 2.15. The third-order valence-corrected chi connectivity index (χ3v) is 4.12. The number of aryl methyl sites for hydroxylation is 1. The van der Waals surface area contributed by atoms with Crippen molar-refractivity contribution in [3.8, 4) is 0 Å². The van der Waals surface area contributed by atoms with Gasteiger partial charge in [0.05, 0.1) is 16.6 Å². The van der Waals surface area contributed by atoms with Gasteiger partial charge in [-0.1, -0.05) is 12.1 Å². The first kappa shape index (κ1) is 13.8. The normalized spacial score (nSPS) is 13.4. The van der Waals surface area contributed by atoms with Crippen molar-refractivity contribution in [3.63, 3.8) is 0 Å². The molecule has 0 bridgehead atoms. The average molecular weight is 279 g/mol. The van der Waals surface area contributed by atoms with E-state index in [0.717, 1.165) is 17.8 Å². The number of sulfone groups is 1. The lowest BCUT2D eigenvalue weighted by Gasteiger charge is -2.14. The molecule has 2 aromatic rings. The summed E-state index contributed by atoms with van der Waals surface area (Å²) in [6.45, 7) is 2.71. The smallest absolute Gasteiger partial charge is 0.175 e. The molecule has 2 N–H and O–H groups in total. The largest absolute Gasteiger partial charge is 0.319 e. The van der Waals surface area contributed by atoms with Gasteiger partial charge in [-0.2, -0.15) is 5.10 Å². The zero-order chi connectivity index (χ0) is 14.0. The maximum atomic E-state index is 11.6. The van der Waals surface area contributed by atoms with Crippen LogP contribution in [-0.4, -0.2) is 24.5 Å². The van der Waals surface area contributed by atoms with E-state index in [0.29, 0.717) is 0 Å². The summed E-state index contributed by atoms with van der Waals surface area (Å²) in [6.07, 6.45) is 2.88. The predicted molar refractivity (Wildman–Crippen MR) is 73.5 cm³/mol. The highest BCUT2D eigenvalue weighted by Crippen LogP contribution is 2.22. The molecule has 102 valence electrons. The van der Waals surface area contributed by atoms with Crippen LogP contribution in [0.1, 0.15) is 24.2 Å². The fourth-order valence-electron chi connectivity index (χ4n) is 1.98. The van der Waals surface area contributed by atoms with Crippen LogP contribution in [0.2, 0.25) is 0 Å². The fourth-order valence-corrected chi connectivity index (χ4v) is 2.66. The number of nitrogens with zero attached hydrogens (tertiary/aromatic N) is 2. The monoisotopic (exact) mass is 279 g/mol. The van der Waals surface area contributed by atoms with Gasteiger partial charge in [-0.15, -0.1) is 0 Å². The lowest BCUT2D eigenvalue weighted by Crippen LogP contribution is -2.17. The number of benzene rings is 1. The Hall–Kier alpha value is -1.66. The number of nitrogens with two attached hydrogens (primary N) is 1.